The Morgan fingerprint density at radius 1 is 1.23 bits per heavy atom. The van der Waals surface area contributed by atoms with Crippen LogP contribution in [-0.4, -0.2) is 65.4 Å². The topological polar surface area (TPSA) is 79.0 Å². The number of ether oxygens (including phenoxy) is 1. The van der Waals surface area contributed by atoms with Gasteiger partial charge in [-0.15, -0.1) is 0 Å². The molecule has 0 radical (unpaired) electrons. The summed E-state index contributed by atoms with van der Waals surface area (Å²) < 4.78 is 6.24. The third-order valence-electron chi connectivity index (χ3n) is 7.03. The van der Waals surface area contributed by atoms with E-state index in [0.717, 1.165) is 5.56 Å². The van der Waals surface area contributed by atoms with Crippen molar-refractivity contribution in [1.29, 1.82) is 0 Å². The molecule has 3 saturated heterocycles. The SMILES string of the molecule is Cc1ccc(CN2C[C@]34C=C[C@H](O3)[C@@H](C(=O)N3CCNC(=O)CC3)[C@H]4C2=O)cc1C. The molecule has 0 aliphatic carbocycles. The normalized spacial score (nSPS) is 32.4. The molecule has 3 fully saturated rings. The van der Waals surface area contributed by atoms with Crippen molar-refractivity contribution in [1.82, 2.24) is 15.1 Å². The number of nitrogens with one attached hydrogen (secondary N) is 1. The Hall–Kier alpha value is -2.67. The minimum atomic E-state index is -0.707. The van der Waals surface area contributed by atoms with E-state index >= 15 is 0 Å². The standard InChI is InChI=1S/C23H27N3O4/c1-14-3-4-16(11-15(14)2)12-26-13-23-7-5-17(30-23)19(20(23)22(26)29)21(28)25-9-6-18(27)24-8-10-25/h3-5,7,11,17,19-20H,6,8-10,12-13H2,1-2H3,(H,24,27)/t17-,19+,20-,23-/m0/s1. The Bertz CT molecular complexity index is 958. The van der Waals surface area contributed by atoms with Crippen LogP contribution in [0.2, 0.25) is 0 Å². The maximum absolute atomic E-state index is 13.4. The van der Waals surface area contributed by atoms with Gasteiger partial charge in [-0.05, 0) is 30.5 Å². The van der Waals surface area contributed by atoms with Gasteiger partial charge >= 0.3 is 0 Å². The average Bonchev–Trinajstić information content (AvgIpc) is 3.28. The van der Waals surface area contributed by atoms with Crippen molar-refractivity contribution in [2.24, 2.45) is 11.8 Å². The van der Waals surface area contributed by atoms with Crippen LogP contribution < -0.4 is 5.32 Å². The molecule has 2 bridgehead atoms. The molecule has 4 aliphatic heterocycles. The van der Waals surface area contributed by atoms with E-state index in [9.17, 15) is 14.4 Å². The second-order valence-corrected chi connectivity index (χ2v) is 8.94. The molecule has 4 atom stereocenters. The molecular formula is C23H27N3O4. The van der Waals surface area contributed by atoms with Gasteiger partial charge in [0, 0.05) is 32.6 Å². The van der Waals surface area contributed by atoms with Crippen molar-refractivity contribution in [2.75, 3.05) is 26.2 Å². The molecule has 158 valence electrons. The maximum atomic E-state index is 13.4. The van der Waals surface area contributed by atoms with Crippen molar-refractivity contribution < 1.29 is 19.1 Å². The predicted molar refractivity (Wildman–Crippen MR) is 109 cm³/mol. The van der Waals surface area contributed by atoms with Crippen molar-refractivity contribution in [2.45, 2.75) is 38.5 Å². The molecule has 30 heavy (non-hydrogen) atoms. The Morgan fingerprint density at radius 3 is 2.87 bits per heavy atom. The number of carbonyl (C=O) groups is 3. The van der Waals surface area contributed by atoms with Crippen molar-refractivity contribution in [3.8, 4) is 0 Å². The van der Waals surface area contributed by atoms with Crippen molar-refractivity contribution >= 4 is 17.7 Å². The van der Waals surface area contributed by atoms with Crippen LogP contribution in [0.5, 0.6) is 0 Å². The number of hydrogen-bond acceptors (Lipinski definition) is 4. The second kappa shape index (κ2) is 6.94. The predicted octanol–water partition coefficient (Wildman–Crippen LogP) is 0.934. The molecule has 0 saturated carbocycles. The first kappa shape index (κ1) is 19.3. The molecule has 4 heterocycles. The fourth-order valence-corrected chi connectivity index (χ4v) is 5.31. The van der Waals surface area contributed by atoms with E-state index in [0.29, 0.717) is 39.1 Å². The number of hydrogen-bond donors (Lipinski definition) is 1. The van der Waals surface area contributed by atoms with Gasteiger partial charge in [0.2, 0.25) is 17.7 Å². The first-order valence-electron chi connectivity index (χ1n) is 10.7. The highest BCUT2D eigenvalue weighted by Crippen LogP contribution is 2.52. The van der Waals surface area contributed by atoms with Crippen LogP contribution in [-0.2, 0) is 25.7 Å². The summed E-state index contributed by atoms with van der Waals surface area (Å²) in [6.07, 6.45) is 3.86. The molecule has 7 heteroatoms. The van der Waals surface area contributed by atoms with Gasteiger partial charge in [-0.1, -0.05) is 30.4 Å². The number of aryl methyl sites for hydroxylation is 2. The molecule has 3 amide bonds. The zero-order valence-electron chi connectivity index (χ0n) is 17.4. The summed E-state index contributed by atoms with van der Waals surface area (Å²) in [5.41, 5.74) is 2.80. The van der Waals surface area contributed by atoms with E-state index in [1.165, 1.54) is 11.1 Å². The summed E-state index contributed by atoms with van der Waals surface area (Å²) >= 11 is 0. The first-order valence-corrected chi connectivity index (χ1v) is 10.7. The van der Waals surface area contributed by atoms with Gasteiger partial charge in [0.1, 0.15) is 5.60 Å². The summed E-state index contributed by atoms with van der Waals surface area (Å²) in [6.45, 7) is 6.43. The van der Waals surface area contributed by atoms with E-state index in [1.54, 1.807) is 4.90 Å². The largest absolute Gasteiger partial charge is 0.360 e. The van der Waals surface area contributed by atoms with Gasteiger partial charge in [-0.2, -0.15) is 0 Å². The maximum Gasteiger partial charge on any atom is 0.230 e. The Morgan fingerprint density at radius 2 is 2.07 bits per heavy atom. The summed E-state index contributed by atoms with van der Waals surface area (Å²) in [4.78, 5) is 42.0. The third kappa shape index (κ3) is 2.95. The van der Waals surface area contributed by atoms with Crippen LogP contribution in [0, 0.1) is 25.7 Å². The van der Waals surface area contributed by atoms with Gasteiger partial charge in [-0.25, -0.2) is 0 Å². The Kier molecular flexibility index (Phi) is 4.47. The molecule has 1 aromatic rings. The lowest BCUT2D eigenvalue weighted by Crippen LogP contribution is -2.47. The van der Waals surface area contributed by atoms with Crippen LogP contribution >= 0.6 is 0 Å². The number of rotatable bonds is 3. The fourth-order valence-electron chi connectivity index (χ4n) is 5.31. The number of amides is 3. The molecule has 4 aliphatic rings. The lowest BCUT2D eigenvalue weighted by Gasteiger charge is -2.29. The van der Waals surface area contributed by atoms with Crippen molar-refractivity contribution in [3.05, 3.63) is 47.0 Å². The zero-order chi connectivity index (χ0) is 21.0. The van der Waals surface area contributed by atoms with Crippen LogP contribution in [0.25, 0.3) is 0 Å². The highest BCUT2D eigenvalue weighted by atomic mass is 16.5. The fraction of sp³-hybridized carbons (Fsp3) is 0.522. The lowest BCUT2D eigenvalue weighted by atomic mass is 9.76. The molecule has 1 N–H and O–H groups in total. The number of benzene rings is 1. The van der Waals surface area contributed by atoms with Gasteiger partial charge in [-0.3, -0.25) is 14.4 Å². The third-order valence-corrected chi connectivity index (χ3v) is 7.03. The van der Waals surface area contributed by atoms with Gasteiger partial charge in [0.05, 0.1) is 24.5 Å². The van der Waals surface area contributed by atoms with E-state index in [2.05, 4.69) is 37.4 Å². The van der Waals surface area contributed by atoms with Gasteiger partial charge in [0.15, 0.2) is 0 Å². The Labute approximate surface area is 176 Å². The average molecular weight is 409 g/mol. The van der Waals surface area contributed by atoms with Crippen LogP contribution in [0.1, 0.15) is 23.1 Å². The minimum Gasteiger partial charge on any atom is -0.360 e. The number of likely N-dealkylation sites (tertiary alicyclic amines) is 1. The zero-order valence-corrected chi connectivity index (χ0v) is 17.4. The molecule has 1 aromatic carbocycles. The van der Waals surface area contributed by atoms with E-state index in [1.807, 2.05) is 17.1 Å². The van der Waals surface area contributed by atoms with E-state index in [-0.39, 0.29) is 23.8 Å². The molecule has 0 aromatic heterocycles. The highest BCUT2D eigenvalue weighted by Gasteiger charge is 2.67. The molecular weight excluding hydrogens is 382 g/mol. The molecule has 5 rings (SSSR count). The monoisotopic (exact) mass is 409 g/mol. The Balaban J connectivity index is 1.37. The summed E-state index contributed by atoms with van der Waals surface area (Å²) in [7, 11) is 0. The molecule has 0 unspecified atom stereocenters. The van der Waals surface area contributed by atoms with E-state index in [4.69, 9.17) is 4.74 Å². The molecule has 1 spiro atoms. The summed E-state index contributed by atoms with van der Waals surface area (Å²) in [5, 5.41) is 2.80. The number of nitrogens with zero attached hydrogens (tertiary/aromatic N) is 2. The van der Waals surface area contributed by atoms with Gasteiger partial charge in [0.25, 0.3) is 0 Å². The van der Waals surface area contributed by atoms with Gasteiger partial charge < -0.3 is 19.9 Å². The molecule has 7 nitrogen and oxygen atoms in total. The van der Waals surface area contributed by atoms with Crippen LogP contribution in [0.3, 0.4) is 0 Å². The lowest BCUT2D eigenvalue weighted by molar-refractivity contribution is -0.143. The van der Waals surface area contributed by atoms with Crippen LogP contribution in [0.4, 0.5) is 0 Å². The first-order chi connectivity index (χ1) is 14.4. The van der Waals surface area contributed by atoms with E-state index < -0.39 is 17.4 Å². The highest BCUT2D eigenvalue weighted by molar-refractivity contribution is 5.93. The smallest absolute Gasteiger partial charge is 0.230 e. The van der Waals surface area contributed by atoms with Crippen LogP contribution in [0.15, 0.2) is 30.4 Å². The number of fused-ring (bicyclic) bond motifs is 1. The minimum absolute atomic E-state index is 0.0116. The number of carbonyl (C=O) groups excluding carboxylic acids is 3. The summed E-state index contributed by atoms with van der Waals surface area (Å²) in [6, 6.07) is 6.25. The quantitative estimate of drug-likeness (QED) is 0.754. The second-order valence-electron chi connectivity index (χ2n) is 8.94. The summed E-state index contributed by atoms with van der Waals surface area (Å²) in [5.74, 6) is -1.13. The van der Waals surface area contributed by atoms with Crippen molar-refractivity contribution in [3.63, 3.8) is 0 Å².